The molecule has 2 aromatic heterocycles. The van der Waals surface area contributed by atoms with Crippen molar-refractivity contribution in [2.75, 3.05) is 82.8 Å². The highest BCUT2D eigenvalue weighted by molar-refractivity contribution is 5.84. The molecule has 13 heteroatoms. The SMILES string of the molecule is C[C@H](Nc1nc(N2CCOCC2)cc(-n2c(C(F)F)nc3ccccc32)n1)C(=O)N1CCN(C2CCN(C)CC2)CC1. The van der Waals surface area contributed by atoms with Crippen LogP contribution >= 0.6 is 0 Å². The van der Waals surface area contributed by atoms with Crippen LogP contribution in [0.3, 0.4) is 0 Å². The lowest BCUT2D eigenvalue weighted by Crippen LogP contribution is -2.56. The number of benzene rings is 1. The highest BCUT2D eigenvalue weighted by Crippen LogP contribution is 2.29. The number of hydrogen-bond acceptors (Lipinski definition) is 9. The molecule has 0 radical (unpaired) electrons. The highest BCUT2D eigenvalue weighted by Gasteiger charge is 2.30. The summed E-state index contributed by atoms with van der Waals surface area (Å²) in [6.45, 7) is 9.41. The molecule has 3 aliphatic heterocycles. The van der Waals surface area contributed by atoms with Gasteiger partial charge in [0.1, 0.15) is 17.7 Å². The van der Waals surface area contributed by atoms with Crippen LogP contribution in [0.2, 0.25) is 0 Å². The Hall–Kier alpha value is -3.42. The number of nitrogens with one attached hydrogen (secondary N) is 1. The van der Waals surface area contributed by atoms with Crippen LogP contribution in [-0.4, -0.2) is 125 Å². The van der Waals surface area contributed by atoms with Gasteiger partial charge in [0.05, 0.1) is 24.2 Å². The van der Waals surface area contributed by atoms with Gasteiger partial charge in [-0.3, -0.25) is 14.3 Å². The molecule has 226 valence electrons. The van der Waals surface area contributed by atoms with Crippen LogP contribution in [0.25, 0.3) is 16.9 Å². The standard InChI is InChI=1S/C29H39F2N9O2/c1-20(28(41)39-13-11-37(12-14-39)21-7-9-36(2)10-8-21)32-29-34-24(38-15-17-42-18-16-38)19-25(35-29)40-23-6-4-3-5-22(23)33-27(40)26(30)31/h3-6,19-21,26H,7-18H2,1-2H3,(H,32,34,35)/t20-/m0/s1. The minimum atomic E-state index is -2.80. The fraction of sp³-hybridized carbons (Fsp3) is 0.586. The molecule has 0 aliphatic carbocycles. The van der Waals surface area contributed by atoms with Crippen molar-refractivity contribution in [1.82, 2.24) is 34.2 Å². The van der Waals surface area contributed by atoms with E-state index in [2.05, 4.69) is 32.1 Å². The third-order valence-corrected chi connectivity index (χ3v) is 8.59. The Kier molecular flexibility index (Phi) is 8.50. The number of amides is 1. The second-order valence-electron chi connectivity index (χ2n) is 11.4. The smallest absolute Gasteiger partial charge is 0.296 e. The van der Waals surface area contributed by atoms with Crippen LogP contribution in [-0.2, 0) is 9.53 Å². The van der Waals surface area contributed by atoms with Crippen LogP contribution in [0.4, 0.5) is 20.5 Å². The number of hydrogen-bond donors (Lipinski definition) is 1. The number of anilines is 2. The summed E-state index contributed by atoms with van der Waals surface area (Å²) in [6, 6.07) is 8.69. The predicted octanol–water partition coefficient (Wildman–Crippen LogP) is 2.63. The lowest BCUT2D eigenvalue weighted by atomic mass is 10.0. The number of carbonyl (C=O) groups excluding carboxylic acids is 1. The molecule has 1 N–H and O–H groups in total. The normalized spacial score (nSPS) is 20.4. The lowest BCUT2D eigenvalue weighted by Gasteiger charge is -2.42. The molecule has 11 nitrogen and oxygen atoms in total. The minimum Gasteiger partial charge on any atom is -0.378 e. The van der Waals surface area contributed by atoms with E-state index in [9.17, 15) is 13.6 Å². The maximum absolute atomic E-state index is 14.2. The van der Waals surface area contributed by atoms with Crippen molar-refractivity contribution in [3.8, 4) is 5.82 Å². The Morgan fingerprint density at radius 1 is 0.952 bits per heavy atom. The molecular weight excluding hydrogens is 544 g/mol. The van der Waals surface area contributed by atoms with Gasteiger partial charge in [-0.05, 0) is 52.0 Å². The van der Waals surface area contributed by atoms with Crippen LogP contribution in [0.5, 0.6) is 0 Å². The molecule has 3 fully saturated rings. The predicted molar refractivity (Wildman–Crippen MR) is 156 cm³/mol. The van der Waals surface area contributed by atoms with Crippen LogP contribution in [0, 0.1) is 0 Å². The topological polar surface area (TPSA) is 94.9 Å². The number of piperidine rings is 1. The second-order valence-corrected chi connectivity index (χ2v) is 11.4. The number of alkyl halides is 2. The molecular formula is C29H39F2N9O2. The maximum atomic E-state index is 14.2. The number of fused-ring (bicyclic) bond motifs is 1. The zero-order valence-electron chi connectivity index (χ0n) is 24.3. The number of likely N-dealkylation sites (tertiary alicyclic amines) is 1. The van der Waals surface area contributed by atoms with Gasteiger partial charge in [0.2, 0.25) is 11.9 Å². The van der Waals surface area contributed by atoms with Gasteiger partial charge < -0.3 is 24.8 Å². The first kappa shape index (κ1) is 28.7. The van der Waals surface area contributed by atoms with E-state index >= 15 is 0 Å². The summed E-state index contributed by atoms with van der Waals surface area (Å²) in [7, 11) is 2.17. The van der Waals surface area contributed by atoms with E-state index in [1.807, 2.05) is 9.80 Å². The van der Waals surface area contributed by atoms with E-state index in [1.54, 1.807) is 37.3 Å². The molecule has 0 saturated carbocycles. The Bertz CT molecular complexity index is 1380. The minimum absolute atomic E-state index is 0.0266. The summed E-state index contributed by atoms with van der Waals surface area (Å²) >= 11 is 0. The first-order valence-electron chi connectivity index (χ1n) is 14.8. The van der Waals surface area contributed by atoms with Gasteiger partial charge in [-0.25, -0.2) is 13.8 Å². The summed E-state index contributed by atoms with van der Waals surface area (Å²) in [5.74, 6) is 0.638. The molecule has 1 aromatic carbocycles. The number of nitrogens with zero attached hydrogens (tertiary/aromatic N) is 8. The van der Waals surface area contributed by atoms with Gasteiger partial charge in [-0.2, -0.15) is 9.97 Å². The zero-order valence-corrected chi connectivity index (χ0v) is 24.3. The molecule has 3 saturated heterocycles. The van der Waals surface area contributed by atoms with E-state index in [1.165, 1.54) is 17.4 Å². The molecule has 3 aromatic rings. The maximum Gasteiger partial charge on any atom is 0.296 e. The zero-order chi connectivity index (χ0) is 29.2. The highest BCUT2D eigenvalue weighted by atomic mass is 19.3. The molecule has 0 unspecified atom stereocenters. The third kappa shape index (κ3) is 6.04. The first-order chi connectivity index (χ1) is 20.4. The van der Waals surface area contributed by atoms with Gasteiger partial charge in [-0.15, -0.1) is 0 Å². The van der Waals surface area contributed by atoms with Crippen molar-refractivity contribution in [3.63, 3.8) is 0 Å². The second kappa shape index (κ2) is 12.4. The number of ether oxygens (including phenoxy) is 1. The molecule has 0 bridgehead atoms. The van der Waals surface area contributed by atoms with Crippen molar-refractivity contribution in [2.24, 2.45) is 0 Å². The van der Waals surface area contributed by atoms with Gasteiger partial charge >= 0.3 is 0 Å². The summed E-state index contributed by atoms with van der Waals surface area (Å²) in [5.41, 5.74) is 0.980. The average molecular weight is 584 g/mol. The van der Waals surface area contributed by atoms with E-state index < -0.39 is 12.5 Å². The third-order valence-electron chi connectivity index (χ3n) is 8.59. The fourth-order valence-corrected chi connectivity index (χ4v) is 6.18. The van der Waals surface area contributed by atoms with E-state index in [4.69, 9.17) is 9.72 Å². The van der Waals surface area contributed by atoms with Crippen LogP contribution < -0.4 is 10.2 Å². The molecule has 6 rings (SSSR count). The lowest BCUT2D eigenvalue weighted by molar-refractivity contribution is -0.133. The van der Waals surface area contributed by atoms with E-state index in [0.29, 0.717) is 62.3 Å². The number of halogens is 2. The van der Waals surface area contributed by atoms with Gasteiger partial charge in [-0.1, -0.05) is 12.1 Å². The Morgan fingerprint density at radius 2 is 1.64 bits per heavy atom. The summed E-state index contributed by atoms with van der Waals surface area (Å²) < 4.78 is 35.2. The number of piperazine rings is 1. The quantitative estimate of drug-likeness (QED) is 0.451. The van der Waals surface area contributed by atoms with E-state index in [0.717, 1.165) is 26.2 Å². The van der Waals surface area contributed by atoms with Gasteiger partial charge in [0, 0.05) is 51.4 Å². The number of rotatable bonds is 7. The molecule has 1 atom stereocenters. The molecule has 42 heavy (non-hydrogen) atoms. The number of aromatic nitrogens is 4. The monoisotopic (exact) mass is 583 g/mol. The molecule has 3 aliphatic rings. The van der Waals surface area contributed by atoms with Crippen molar-refractivity contribution < 1.29 is 18.3 Å². The first-order valence-corrected chi connectivity index (χ1v) is 14.8. The van der Waals surface area contributed by atoms with Crippen molar-refractivity contribution >= 4 is 28.7 Å². The van der Waals surface area contributed by atoms with E-state index in [-0.39, 0.29) is 23.5 Å². The number of carbonyl (C=O) groups is 1. The summed E-state index contributed by atoms with van der Waals surface area (Å²) in [5, 5.41) is 3.19. The summed E-state index contributed by atoms with van der Waals surface area (Å²) in [6.07, 6.45) is -0.466. The van der Waals surface area contributed by atoms with Crippen molar-refractivity contribution in [1.29, 1.82) is 0 Å². The van der Waals surface area contributed by atoms with Gasteiger partial charge in [0.25, 0.3) is 6.43 Å². The Balaban J connectivity index is 1.22. The van der Waals surface area contributed by atoms with Crippen LogP contribution in [0.15, 0.2) is 30.3 Å². The van der Waals surface area contributed by atoms with Crippen molar-refractivity contribution in [3.05, 3.63) is 36.2 Å². The van der Waals surface area contributed by atoms with Crippen LogP contribution in [0.1, 0.15) is 32.0 Å². The molecule has 5 heterocycles. The molecule has 1 amide bonds. The average Bonchev–Trinajstić information content (AvgIpc) is 3.42. The largest absolute Gasteiger partial charge is 0.378 e. The number of imidazole rings is 1. The van der Waals surface area contributed by atoms with Gasteiger partial charge in [0.15, 0.2) is 5.82 Å². The molecule has 0 spiro atoms. The Labute approximate surface area is 244 Å². The van der Waals surface area contributed by atoms with Crippen molar-refractivity contribution in [2.45, 2.75) is 38.3 Å². The summed E-state index contributed by atoms with van der Waals surface area (Å²) in [4.78, 5) is 35.8. The fourth-order valence-electron chi connectivity index (χ4n) is 6.18. The number of para-hydroxylation sites is 2. The number of morpholine rings is 1. The Morgan fingerprint density at radius 3 is 2.36 bits per heavy atom.